The Balaban J connectivity index is 1.57. The van der Waals surface area contributed by atoms with E-state index in [0.29, 0.717) is 11.5 Å². The Hall–Kier alpha value is -2.54. The van der Waals surface area contributed by atoms with Crippen LogP contribution in [0.15, 0.2) is 48.9 Å². The lowest BCUT2D eigenvalue weighted by molar-refractivity contribution is -0.113. The SMILES string of the molecule is Cc1ccnn1-c1cccc(NC(=O)CSCc2ncc[nH]2)c1. The molecular weight excluding hydrogens is 310 g/mol. The number of nitrogens with zero attached hydrogens (tertiary/aromatic N) is 3. The van der Waals surface area contributed by atoms with Crippen LogP contribution >= 0.6 is 11.8 Å². The fourth-order valence-corrected chi connectivity index (χ4v) is 2.88. The number of thioether (sulfide) groups is 1. The molecule has 23 heavy (non-hydrogen) atoms. The van der Waals surface area contributed by atoms with Gasteiger partial charge in [0.2, 0.25) is 5.91 Å². The molecule has 118 valence electrons. The predicted molar refractivity (Wildman–Crippen MR) is 91.7 cm³/mol. The van der Waals surface area contributed by atoms with Crippen LogP contribution in [0, 0.1) is 6.92 Å². The van der Waals surface area contributed by atoms with Crippen molar-refractivity contribution in [2.75, 3.05) is 11.1 Å². The molecule has 0 bridgehead atoms. The largest absolute Gasteiger partial charge is 0.348 e. The van der Waals surface area contributed by atoms with E-state index in [1.165, 1.54) is 11.8 Å². The number of aryl methyl sites for hydroxylation is 1. The van der Waals surface area contributed by atoms with Crippen molar-refractivity contribution in [3.8, 4) is 5.69 Å². The summed E-state index contributed by atoms with van der Waals surface area (Å²) < 4.78 is 1.83. The molecule has 2 N–H and O–H groups in total. The summed E-state index contributed by atoms with van der Waals surface area (Å²) in [7, 11) is 0. The number of carbonyl (C=O) groups excluding carboxylic acids is 1. The number of nitrogens with one attached hydrogen (secondary N) is 2. The molecule has 0 saturated heterocycles. The number of imidazole rings is 1. The number of rotatable bonds is 6. The summed E-state index contributed by atoms with van der Waals surface area (Å²) in [6.07, 6.45) is 5.24. The summed E-state index contributed by atoms with van der Waals surface area (Å²) in [6, 6.07) is 9.59. The molecule has 0 atom stereocenters. The number of H-pyrrole nitrogens is 1. The Morgan fingerprint density at radius 2 is 2.26 bits per heavy atom. The fraction of sp³-hybridized carbons (Fsp3) is 0.188. The van der Waals surface area contributed by atoms with Gasteiger partial charge in [-0.05, 0) is 31.2 Å². The van der Waals surface area contributed by atoms with Gasteiger partial charge in [0.15, 0.2) is 0 Å². The summed E-state index contributed by atoms with van der Waals surface area (Å²) in [4.78, 5) is 19.2. The van der Waals surface area contributed by atoms with Crippen molar-refractivity contribution in [3.05, 3.63) is 60.4 Å². The molecule has 0 unspecified atom stereocenters. The Morgan fingerprint density at radius 3 is 3.00 bits per heavy atom. The second-order valence-electron chi connectivity index (χ2n) is 5.01. The van der Waals surface area contributed by atoms with Crippen LogP contribution in [0.5, 0.6) is 0 Å². The van der Waals surface area contributed by atoms with Crippen molar-refractivity contribution in [1.29, 1.82) is 0 Å². The second-order valence-corrected chi connectivity index (χ2v) is 6.00. The van der Waals surface area contributed by atoms with Crippen molar-refractivity contribution in [1.82, 2.24) is 19.7 Å². The van der Waals surface area contributed by atoms with E-state index in [4.69, 9.17) is 0 Å². The lowest BCUT2D eigenvalue weighted by atomic mass is 10.2. The van der Waals surface area contributed by atoms with Crippen molar-refractivity contribution in [3.63, 3.8) is 0 Å². The highest BCUT2D eigenvalue weighted by Gasteiger charge is 2.06. The van der Waals surface area contributed by atoms with Gasteiger partial charge in [0.05, 0.1) is 17.2 Å². The molecule has 6 nitrogen and oxygen atoms in total. The van der Waals surface area contributed by atoms with Crippen LogP contribution in [0.1, 0.15) is 11.5 Å². The van der Waals surface area contributed by atoms with Gasteiger partial charge < -0.3 is 10.3 Å². The van der Waals surface area contributed by atoms with Gasteiger partial charge in [-0.2, -0.15) is 5.10 Å². The number of anilines is 1. The molecule has 0 aliphatic carbocycles. The van der Waals surface area contributed by atoms with Crippen LogP contribution in [-0.4, -0.2) is 31.4 Å². The number of aromatic amines is 1. The predicted octanol–water partition coefficient (Wildman–Crippen LogP) is 2.78. The molecular formula is C16H17N5OS. The van der Waals surface area contributed by atoms with Crippen molar-refractivity contribution in [2.24, 2.45) is 0 Å². The molecule has 0 aliphatic rings. The van der Waals surface area contributed by atoms with Crippen molar-refractivity contribution < 1.29 is 4.79 Å². The first kappa shape index (κ1) is 15.4. The maximum absolute atomic E-state index is 12.0. The maximum atomic E-state index is 12.0. The zero-order chi connectivity index (χ0) is 16.1. The fourth-order valence-electron chi connectivity index (χ4n) is 2.17. The summed E-state index contributed by atoms with van der Waals surface area (Å²) >= 11 is 1.52. The van der Waals surface area contributed by atoms with Crippen LogP contribution in [0.25, 0.3) is 5.69 Å². The quantitative estimate of drug-likeness (QED) is 0.730. The highest BCUT2D eigenvalue weighted by atomic mass is 32.2. The van der Waals surface area contributed by atoms with Crippen molar-refractivity contribution >= 4 is 23.4 Å². The number of hydrogen-bond acceptors (Lipinski definition) is 4. The van der Waals surface area contributed by atoms with Gasteiger partial charge in [0.1, 0.15) is 5.82 Å². The Kier molecular flexibility index (Phi) is 4.77. The second kappa shape index (κ2) is 7.15. The van der Waals surface area contributed by atoms with E-state index in [9.17, 15) is 4.79 Å². The average Bonchev–Trinajstić information content (AvgIpc) is 3.19. The molecule has 1 amide bonds. The highest BCUT2D eigenvalue weighted by Crippen LogP contribution is 2.16. The molecule has 2 heterocycles. The molecule has 0 aliphatic heterocycles. The average molecular weight is 327 g/mol. The first-order valence-corrected chi connectivity index (χ1v) is 8.35. The monoisotopic (exact) mass is 327 g/mol. The summed E-state index contributed by atoms with van der Waals surface area (Å²) in [5, 5.41) is 7.19. The molecule has 3 rings (SSSR count). The molecule has 3 aromatic rings. The lowest BCUT2D eigenvalue weighted by Crippen LogP contribution is -2.14. The van der Waals surface area contributed by atoms with Crippen LogP contribution < -0.4 is 5.32 Å². The standard InChI is InChI=1S/C16H17N5OS/c1-12-5-6-19-21(12)14-4-2-3-13(9-14)20-16(22)11-23-10-15-17-7-8-18-15/h2-9H,10-11H2,1H3,(H,17,18)(H,20,22). The minimum Gasteiger partial charge on any atom is -0.348 e. The Bertz CT molecular complexity index is 781. The van der Waals surface area contributed by atoms with E-state index in [1.54, 1.807) is 18.6 Å². The highest BCUT2D eigenvalue weighted by molar-refractivity contribution is 7.99. The topological polar surface area (TPSA) is 75.6 Å². The molecule has 0 radical (unpaired) electrons. The van der Waals surface area contributed by atoms with Gasteiger partial charge in [-0.1, -0.05) is 6.07 Å². The number of benzene rings is 1. The zero-order valence-electron chi connectivity index (χ0n) is 12.7. The molecule has 0 spiro atoms. The van der Waals surface area contributed by atoms with Crippen LogP contribution in [0.2, 0.25) is 0 Å². The van der Waals surface area contributed by atoms with Crippen molar-refractivity contribution in [2.45, 2.75) is 12.7 Å². The first-order chi connectivity index (χ1) is 11.2. The van der Waals surface area contributed by atoms with Crippen LogP contribution in [0.3, 0.4) is 0 Å². The minimum absolute atomic E-state index is 0.0316. The molecule has 7 heteroatoms. The van der Waals surface area contributed by atoms with E-state index < -0.39 is 0 Å². The van der Waals surface area contributed by atoms with E-state index in [1.807, 2.05) is 41.9 Å². The smallest absolute Gasteiger partial charge is 0.234 e. The van der Waals surface area contributed by atoms with Crippen LogP contribution in [-0.2, 0) is 10.5 Å². The molecule has 0 saturated carbocycles. The summed E-state index contributed by atoms with van der Waals surface area (Å²) in [6.45, 7) is 1.99. The van der Waals surface area contributed by atoms with Gasteiger partial charge in [-0.3, -0.25) is 4.79 Å². The van der Waals surface area contributed by atoms with Gasteiger partial charge in [0.25, 0.3) is 0 Å². The van der Waals surface area contributed by atoms with E-state index in [2.05, 4.69) is 20.4 Å². The normalized spacial score (nSPS) is 10.7. The van der Waals surface area contributed by atoms with E-state index in [-0.39, 0.29) is 5.91 Å². The van der Waals surface area contributed by atoms with Gasteiger partial charge in [-0.25, -0.2) is 9.67 Å². The summed E-state index contributed by atoms with van der Waals surface area (Å²) in [5.74, 6) is 1.91. The minimum atomic E-state index is -0.0316. The third kappa shape index (κ3) is 4.01. The molecule has 0 fully saturated rings. The van der Waals surface area contributed by atoms with E-state index in [0.717, 1.165) is 22.9 Å². The number of carbonyl (C=O) groups is 1. The number of amides is 1. The zero-order valence-corrected chi connectivity index (χ0v) is 13.5. The number of hydrogen-bond donors (Lipinski definition) is 2. The first-order valence-electron chi connectivity index (χ1n) is 7.19. The molecule has 1 aromatic carbocycles. The lowest BCUT2D eigenvalue weighted by Gasteiger charge is -2.08. The Labute approximate surface area is 138 Å². The van der Waals surface area contributed by atoms with Gasteiger partial charge >= 0.3 is 0 Å². The van der Waals surface area contributed by atoms with Crippen LogP contribution in [0.4, 0.5) is 5.69 Å². The summed E-state index contributed by atoms with van der Waals surface area (Å²) in [5.41, 5.74) is 2.73. The van der Waals surface area contributed by atoms with Gasteiger partial charge in [-0.15, -0.1) is 11.8 Å². The van der Waals surface area contributed by atoms with Gasteiger partial charge in [0, 0.05) is 30.0 Å². The Morgan fingerprint density at radius 1 is 1.35 bits per heavy atom. The number of aromatic nitrogens is 4. The maximum Gasteiger partial charge on any atom is 0.234 e. The third-order valence-electron chi connectivity index (χ3n) is 3.23. The third-order valence-corrected chi connectivity index (χ3v) is 4.18. The molecule has 2 aromatic heterocycles. The van der Waals surface area contributed by atoms with E-state index >= 15 is 0 Å².